The van der Waals surface area contributed by atoms with Gasteiger partial charge in [0.05, 0.1) is 6.07 Å². The number of nitrogens with zero attached hydrogens (tertiary/aromatic N) is 1. The Morgan fingerprint density at radius 2 is 2.17 bits per heavy atom. The van der Waals surface area contributed by atoms with Crippen LogP contribution >= 0.6 is 0 Å². The van der Waals surface area contributed by atoms with E-state index in [0.717, 1.165) is 5.76 Å². The van der Waals surface area contributed by atoms with E-state index in [2.05, 4.69) is 11.4 Å². The molecular formula is C9H12N2O. The predicted octanol–water partition coefficient (Wildman–Crippen LogP) is 2.30. The molecule has 0 aliphatic heterocycles. The van der Waals surface area contributed by atoms with E-state index in [0.29, 0.717) is 5.88 Å². The lowest BCUT2D eigenvalue weighted by Crippen LogP contribution is -2.27. The van der Waals surface area contributed by atoms with Crippen molar-refractivity contribution in [3.05, 3.63) is 17.9 Å². The van der Waals surface area contributed by atoms with Gasteiger partial charge in [0.1, 0.15) is 11.3 Å². The number of aryl methyl sites for hydroxylation is 1. The fourth-order valence-electron chi connectivity index (χ4n) is 0.838. The van der Waals surface area contributed by atoms with Crippen LogP contribution in [-0.4, -0.2) is 5.54 Å². The van der Waals surface area contributed by atoms with E-state index >= 15 is 0 Å². The number of anilines is 1. The van der Waals surface area contributed by atoms with Crippen molar-refractivity contribution in [2.45, 2.75) is 26.3 Å². The third-order valence-corrected chi connectivity index (χ3v) is 1.46. The van der Waals surface area contributed by atoms with Crippen molar-refractivity contribution < 1.29 is 4.42 Å². The molecule has 0 aliphatic rings. The lowest BCUT2D eigenvalue weighted by atomic mass is 10.1. The molecule has 1 rings (SSSR count). The van der Waals surface area contributed by atoms with Crippen molar-refractivity contribution in [1.29, 1.82) is 5.26 Å². The Kier molecular flexibility index (Phi) is 2.09. The van der Waals surface area contributed by atoms with Crippen LogP contribution in [0.1, 0.15) is 19.6 Å². The molecule has 0 saturated heterocycles. The first kappa shape index (κ1) is 8.66. The summed E-state index contributed by atoms with van der Waals surface area (Å²) >= 11 is 0. The maximum Gasteiger partial charge on any atom is 0.194 e. The zero-order chi connectivity index (χ0) is 9.19. The Labute approximate surface area is 72.0 Å². The molecule has 1 aromatic heterocycles. The standard InChI is InChI=1S/C9H12N2O/c1-7-4-5-8(12-7)11-9(2,3)6-10/h4-5,11H,1-3H3. The predicted molar refractivity (Wildman–Crippen MR) is 46.8 cm³/mol. The molecule has 1 N–H and O–H groups in total. The number of hydrogen-bond acceptors (Lipinski definition) is 3. The molecule has 1 aromatic rings. The average molecular weight is 164 g/mol. The molecule has 3 heteroatoms. The molecule has 1 heterocycles. The van der Waals surface area contributed by atoms with Crippen LogP contribution in [0.15, 0.2) is 16.5 Å². The van der Waals surface area contributed by atoms with Gasteiger partial charge in [-0.15, -0.1) is 0 Å². The van der Waals surface area contributed by atoms with E-state index in [1.807, 2.05) is 19.1 Å². The van der Waals surface area contributed by atoms with Gasteiger partial charge < -0.3 is 9.73 Å². The summed E-state index contributed by atoms with van der Waals surface area (Å²) < 4.78 is 5.26. The highest BCUT2D eigenvalue weighted by atomic mass is 16.4. The monoisotopic (exact) mass is 164 g/mol. The van der Waals surface area contributed by atoms with Crippen LogP contribution in [0.2, 0.25) is 0 Å². The average Bonchev–Trinajstić information content (AvgIpc) is 2.35. The van der Waals surface area contributed by atoms with Gasteiger partial charge in [-0.2, -0.15) is 5.26 Å². The van der Waals surface area contributed by atoms with Crippen LogP contribution in [0.25, 0.3) is 0 Å². The van der Waals surface area contributed by atoms with Crippen molar-refractivity contribution in [3.63, 3.8) is 0 Å². The maximum atomic E-state index is 8.71. The van der Waals surface area contributed by atoms with Crippen LogP contribution in [0.3, 0.4) is 0 Å². The molecule has 0 atom stereocenters. The second kappa shape index (κ2) is 2.90. The molecule has 0 unspecified atom stereocenters. The van der Waals surface area contributed by atoms with Crippen LogP contribution < -0.4 is 5.32 Å². The normalized spacial score (nSPS) is 10.8. The Hall–Kier alpha value is -1.43. The number of rotatable bonds is 2. The van der Waals surface area contributed by atoms with E-state index in [1.165, 1.54) is 0 Å². The van der Waals surface area contributed by atoms with Gasteiger partial charge in [0.2, 0.25) is 0 Å². The number of hydrogen-bond donors (Lipinski definition) is 1. The topological polar surface area (TPSA) is 49.0 Å². The van der Waals surface area contributed by atoms with E-state index in [9.17, 15) is 0 Å². The van der Waals surface area contributed by atoms with Crippen molar-refractivity contribution >= 4 is 5.88 Å². The first-order valence-corrected chi connectivity index (χ1v) is 3.79. The molecule has 0 amide bonds. The Morgan fingerprint density at radius 1 is 1.50 bits per heavy atom. The van der Waals surface area contributed by atoms with Gasteiger partial charge in [-0.1, -0.05) is 0 Å². The first-order chi connectivity index (χ1) is 5.53. The van der Waals surface area contributed by atoms with E-state index in [1.54, 1.807) is 13.8 Å². The van der Waals surface area contributed by atoms with Gasteiger partial charge in [0.25, 0.3) is 0 Å². The second-order valence-corrected chi connectivity index (χ2v) is 3.27. The molecule has 0 aliphatic carbocycles. The van der Waals surface area contributed by atoms with Gasteiger partial charge >= 0.3 is 0 Å². The summed E-state index contributed by atoms with van der Waals surface area (Å²) in [5, 5.41) is 11.7. The van der Waals surface area contributed by atoms with Crippen LogP contribution in [0.5, 0.6) is 0 Å². The molecule has 0 bridgehead atoms. The van der Waals surface area contributed by atoms with Gasteiger partial charge in [-0.25, -0.2) is 0 Å². The minimum absolute atomic E-state index is 0.579. The summed E-state index contributed by atoms with van der Waals surface area (Å²) in [5.41, 5.74) is -0.579. The minimum atomic E-state index is -0.579. The molecule has 0 saturated carbocycles. The molecular weight excluding hydrogens is 152 g/mol. The number of furan rings is 1. The zero-order valence-electron chi connectivity index (χ0n) is 7.51. The first-order valence-electron chi connectivity index (χ1n) is 3.79. The fraction of sp³-hybridized carbons (Fsp3) is 0.444. The second-order valence-electron chi connectivity index (χ2n) is 3.27. The highest BCUT2D eigenvalue weighted by Crippen LogP contribution is 2.16. The molecule has 12 heavy (non-hydrogen) atoms. The zero-order valence-corrected chi connectivity index (χ0v) is 7.51. The minimum Gasteiger partial charge on any atom is -0.446 e. The van der Waals surface area contributed by atoms with Gasteiger partial charge in [0, 0.05) is 6.07 Å². The third kappa shape index (κ3) is 2.03. The smallest absolute Gasteiger partial charge is 0.194 e. The van der Waals surface area contributed by atoms with Crippen molar-refractivity contribution in [3.8, 4) is 6.07 Å². The third-order valence-electron chi connectivity index (χ3n) is 1.46. The Bertz CT molecular complexity index is 307. The highest BCUT2D eigenvalue weighted by Gasteiger charge is 2.16. The number of nitriles is 1. The van der Waals surface area contributed by atoms with Gasteiger partial charge in [-0.05, 0) is 26.8 Å². The molecule has 64 valence electrons. The van der Waals surface area contributed by atoms with Gasteiger partial charge in [0.15, 0.2) is 5.88 Å². The Balaban J connectivity index is 2.72. The van der Waals surface area contributed by atoms with E-state index in [-0.39, 0.29) is 0 Å². The van der Waals surface area contributed by atoms with Crippen LogP contribution in [0.4, 0.5) is 5.88 Å². The summed E-state index contributed by atoms with van der Waals surface area (Å²) in [6.45, 7) is 5.46. The van der Waals surface area contributed by atoms with Crippen LogP contribution in [-0.2, 0) is 0 Å². The lowest BCUT2D eigenvalue weighted by molar-refractivity contribution is 0.531. The summed E-state index contributed by atoms with van der Waals surface area (Å²) in [4.78, 5) is 0. The van der Waals surface area contributed by atoms with Gasteiger partial charge in [-0.3, -0.25) is 0 Å². The largest absolute Gasteiger partial charge is 0.446 e. The summed E-state index contributed by atoms with van der Waals surface area (Å²) in [5.74, 6) is 1.48. The summed E-state index contributed by atoms with van der Waals surface area (Å²) in [6, 6.07) is 5.80. The maximum absolute atomic E-state index is 8.71. The van der Waals surface area contributed by atoms with Crippen molar-refractivity contribution in [2.75, 3.05) is 5.32 Å². The lowest BCUT2D eigenvalue weighted by Gasteiger charge is -2.15. The van der Waals surface area contributed by atoms with Crippen molar-refractivity contribution in [1.82, 2.24) is 0 Å². The molecule has 0 aromatic carbocycles. The quantitative estimate of drug-likeness (QED) is 0.729. The molecule has 3 nitrogen and oxygen atoms in total. The molecule has 0 radical (unpaired) electrons. The highest BCUT2D eigenvalue weighted by molar-refractivity contribution is 5.37. The summed E-state index contributed by atoms with van der Waals surface area (Å²) in [7, 11) is 0. The fourth-order valence-corrected chi connectivity index (χ4v) is 0.838. The van der Waals surface area contributed by atoms with Crippen molar-refractivity contribution in [2.24, 2.45) is 0 Å². The van der Waals surface area contributed by atoms with E-state index < -0.39 is 5.54 Å². The molecule has 0 fully saturated rings. The summed E-state index contributed by atoms with van der Waals surface area (Å²) in [6.07, 6.45) is 0. The van der Waals surface area contributed by atoms with E-state index in [4.69, 9.17) is 9.68 Å². The molecule has 0 spiro atoms. The SMILES string of the molecule is Cc1ccc(NC(C)(C)C#N)o1. The van der Waals surface area contributed by atoms with Crippen LogP contribution in [0, 0.1) is 18.3 Å². The Morgan fingerprint density at radius 3 is 2.58 bits per heavy atom. The number of nitrogens with one attached hydrogen (secondary N) is 1.